The van der Waals surface area contributed by atoms with Gasteiger partial charge in [-0.25, -0.2) is 0 Å². The topological polar surface area (TPSA) is 70.6 Å². The van der Waals surface area contributed by atoms with Crippen molar-refractivity contribution in [2.75, 3.05) is 20.2 Å². The number of rotatable bonds is 8. The first-order valence-electron chi connectivity index (χ1n) is 6.96. The number of nitrogens with one attached hydrogen (secondary N) is 2. The van der Waals surface area contributed by atoms with Crippen LogP contribution in [-0.2, 0) is 11.3 Å². The number of methoxy groups -OCH3 is 1. The number of halogens is 1. The van der Waals surface area contributed by atoms with Crippen molar-refractivity contribution >= 4 is 17.5 Å². The molecule has 0 aromatic heterocycles. The molecule has 0 aliphatic rings. The summed E-state index contributed by atoms with van der Waals surface area (Å²) in [5, 5.41) is 16.4. The highest BCUT2D eigenvalue weighted by atomic mass is 35.5. The number of hydrogen-bond acceptors (Lipinski definition) is 4. The third-order valence-electron chi connectivity index (χ3n) is 2.89. The van der Waals surface area contributed by atoms with Gasteiger partial charge in [-0.15, -0.1) is 0 Å². The van der Waals surface area contributed by atoms with Crippen LogP contribution in [0.15, 0.2) is 12.1 Å². The van der Waals surface area contributed by atoms with Gasteiger partial charge in [-0.05, 0) is 12.0 Å². The Balaban J connectivity index is 2.39. The molecule has 0 aliphatic heterocycles. The molecule has 0 saturated carbocycles. The molecule has 0 fully saturated rings. The van der Waals surface area contributed by atoms with E-state index in [9.17, 15) is 9.90 Å². The van der Waals surface area contributed by atoms with E-state index in [2.05, 4.69) is 10.6 Å². The lowest BCUT2D eigenvalue weighted by molar-refractivity contribution is -0.121. The van der Waals surface area contributed by atoms with Crippen molar-refractivity contribution in [2.45, 2.75) is 26.8 Å². The first kappa shape index (κ1) is 17.6. The van der Waals surface area contributed by atoms with E-state index < -0.39 is 0 Å². The summed E-state index contributed by atoms with van der Waals surface area (Å²) in [7, 11) is 1.47. The average Bonchev–Trinajstić information content (AvgIpc) is 2.44. The highest BCUT2D eigenvalue weighted by Crippen LogP contribution is 2.33. The smallest absolute Gasteiger partial charge is 0.221 e. The van der Waals surface area contributed by atoms with Crippen LogP contribution in [0.3, 0.4) is 0 Å². The number of phenolic OH excluding ortho intramolecular Hbond substituents is 1. The molecule has 6 heteroatoms. The summed E-state index contributed by atoms with van der Waals surface area (Å²) < 4.78 is 5.04. The fourth-order valence-corrected chi connectivity index (χ4v) is 1.98. The number of amides is 1. The quantitative estimate of drug-likeness (QED) is 0.644. The summed E-state index contributed by atoms with van der Waals surface area (Å²) in [6, 6.07) is 3.23. The molecule has 0 bridgehead atoms. The fraction of sp³-hybridized carbons (Fsp3) is 0.533. The predicted molar refractivity (Wildman–Crippen MR) is 83.8 cm³/mol. The first-order valence-corrected chi connectivity index (χ1v) is 7.34. The zero-order valence-corrected chi connectivity index (χ0v) is 13.5. The number of ether oxygens (including phenoxy) is 1. The van der Waals surface area contributed by atoms with Crippen LogP contribution in [0.25, 0.3) is 0 Å². The summed E-state index contributed by atoms with van der Waals surface area (Å²) in [6.45, 7) is 5.73. The lowest BCUT2D eigenvalue weighted by Gasteiger charge is -2.11. The van der Waals surface area contributed by atoms with Crippen molar-refractivity contribution < 1.29 is 14.6 Å². The monoisotopic (exact) mass is 314 g/mol. The van der Waals surface area contributed by atoms with Gasteiger partial charge in [-0.2, -0.15) is 0 Å². The van der Waals surface area contributed by atoms with Gasteiger partial charge >= 0.3 is 0 Å². The van der Waals surface area contributed by atoms with E-state index in [1.165, 1.54) is 7.11 Å². The molecule has 0 spiro atoms. The van der Waals surface area contributed by atoms with Crippen LogP contribution in [0.4, 0.5) is 0 Å². The Morgan fingerprint density at radius 3 is 2.76 bits per heavy atom. The number of phenols is 1. The van der Waals surface area contributed by atoms with Gasteiger partial charge in [0.05, 0.1) is 7.11 Å². The van der Waals surface area contributed by atoms with Crippen LogP contribution in [-0.4, -0.2) is 31.2 Å². The van der Waals surface area contributed by atoms with Gasteiger partial charge in [0.2, 0.25) is 5.91 Å². The third kappa shape index (κ3) is 6.23. The minimum absolute atomic E-state index is 0.0177. The van der Waals surface area contributed by atoms with Gasteiger partial charge in [0.1, 0.15) is 0 Å². The predicted octanol–water partition coefficient (Wildman–Crippen LogP) is 2.31. The Bertz CT molecular complexity index is 478. The van der Waals surface area contributed by atoms with Crippen molar-refractivity contribution in [3.8, 4) is 11.5 Å². The van der Waals surface area contributed by atoms with Crippen LogP contribution < -0.4 is 15.4 Å². The fourth-order valence-electron chi connectivity index (χ4n) is 1.75. The third-order valence-corrected chi connectivity index (χ3v) is 3.11. The molecule has 3 N–H and O–H groups in total. The minimum Gasteiger partial charge on any atom is -0.504 e. The van der Waals surface area contributed by atoms with Gasteiger partial charge in [0, 0.05) is 42.7 Å². The number of benzene rings is 1. The number of hydrogen-bond donors (Lipinski definition) is 3. The van der Waals surface area contributed by atoms with Crippen molar-refractivity contribution in [2.24, 2.45) is 5.92 Å². The van der Waals surface area contributed by atoms with Crippen LogP contribution in [0.1, 0.15) is 25.8 Å². The maximum Gasteiger partial charge on any atom is 0.221 e. The zero-order valence-electron chi connectivity index (χ0n) is 12.7. The molecular weight excluding hydrogens is 292 g/mol. The molecule has 118 valence electrons. The van der Waals surface area contributed by atoms with E-state index in [4.69, 9.17) is 16.3 Å². The molecule has 21 heavy (non-hydrogen) atoms. The van der Waals surface area contributed by atoms with Crippen molar-refractivity contribution in [1.82, 2.24) is 10.6 Å². The molecule has 0 aliphatic carbocycles. The van der Waals surface area contributed by atoms with Crippen LogP contribution >= 0.6 is 11.6 Å². The second kappa shape index (κ2) is 8.74. The number of carbonyl (C=O) groups is 1. The molecule has 0 unspecified atom stereocenters. The van der Waals surface area contributed by atoms with Crippen LogP contribution in [0.5, 0.6) is 11.5 Å². The Morgan fingerprint density at radius 2 is 2.14 bits per heavy atom. The lowest BCUT2D eigenvalue weighted by Crippen LogP contribution is -2.30. The second-order valence-electron chi connectivity index (χ2n) is 5.24. The summed E-state index contributed by atoms with van der Waals surface area (Å²) in [6.07, 6.45) is 0.394. The summed E-state index contributed by atoms with van der Waals surface area (Å²) in [4.78, 5) is 11.5. The first-order chi connectivity index (χ1) is 9.93. The van der Waals surface area contributed by atoms with E-state index in [-0.39, 0.29) is 11.7 Å². The molecule has 0 radical (unpaired) electrons. The Morgan fingerprint density at radius 1 is 1.43 bits per heavy atom. The largest absolute Gasteiger partial charge is 0.504 e. The number of aromatic hydroxyl groups is 1. The maximum absolute atomic E-state index is 11.5. The van der Waals surface area contributed by atoms with Gasteiger partial charge in [0.15, 0.2) is 11.5 Å². The highest BCUT2D eigenvalue weighted by Gasteiger charge is 2.10. The Hall–Kier alpha value is -1.46. The molecular formula is C15H23ClN2O3. The summed E-state index contributed by atoms with van der Waals surface area (Å²) in [5.41, 5.74) is 0.641. The minimum atomic E-state index is 0.0177. The summed E-state index contributed by atoms with van der Waals surface area (Å²) >= 11 is 5.95. The summed E-state index contributed by atoms with van der Waals surface area (Å²) in [5.74, 6) is 0.870. The van der Waals surface area contributed by atoms with Crippen molar-refractivity contribution in [3.63, 3.8) is 0 Å². The van der Waals surface area contributed by atoms with Crippen LogP contribution in [0, 0.1) is 5.92 Å². The normalized spacial score (nSPS) is 10.7. The van der Waals surface area contributed by atoms with Crippen molar-refractivity contribution in [1.29, 1.82) is 0 Å². The second-order valence-corrected chi connectivity index (χ2v) is 5.68. The molecule has 1 amide bonds. The van der Waals surface area contributed by atoms with E-state index in [0.29, 0.717) is 48.3 Å². The molecule has 1 rings (SSSR count). The van der Waals surface area contributed by atoms with Gasteiger partial charge < -0.3 is 20.5 Å². The van der Waals surface area contributed by atoms with E-state index >= 15 is 0 Å². The molecule has 0 heterocycles. The van der Waals surface area contributed by atoms with E-state index in [0.717, 1.165) is 0 Å². The molecule has 1 aromatic carbocycles. The van der Waals surface area contributed by atoms with Gasteiger partial charge in [-0.1, -0.05) is 25.4 Å². The van der Waals surface area contributed by atoms with E-state index in [1.54, 1.807) is 12.1 Å². The Labute approximate surface area is 130 Å². The molecule has 0 atom stereocenters. The van der Waals surface area contributed by atoms with Crippen LogP contribution in [0.2, 0.25) is 5.02 Å². The lowest BCUT2D eigenvalue weighted by atomic mass is 10.2. The van der Waals surface area contributed by atoms with Gasteiger partial charge in [-0.3, -0.25) is 4.79 Å². The molecule has 1 aromatic rings. The molecule has 5 nitrogen and oxygen atoms in total. The standard InChI is InChI=1S/C15H23ClN2O3/c1-10(2)8-18-14(19)4-5-17-9-11-6-12(16)7-13(21-3)15(11)20/h6-7,10,17,20H,4-5,8-9H2,1-3H3,(H,18,19). The molecule has 0 saturated heterocycles. The average molecular weight is 315 g/mol. The maximum atomic E-state index is 11.5. The highest BCUT2D eigenvalue weighted by molar-refractivity contribution is 6.30. The van der Waals surface area contributed by atoms with Gasteiger partial charge in [0.25, 0.3) is 0 Å². The Kier molecular flexibility index (Phi) is 7.32. The van der Waals surface area contributed by atoms with Crippen molar-refractivity contribution in [3.05, 3.63) is 22.7 Å². The number of carbonyl (C=O) groups excluding carboxylic acids is 1. The van der Waals surface area contributed by atoms with E-state index in [1.807, 2.05) is 13.8 Å². The zero-order chi connectivity index (χ0) is 15.8. The SMILES string of the molecule is COc1cc(Cl)cc(CNCCC(=O)NCC(C)C)c1O.